The Bertz CT molecular complexity index is 1070. The van der Waals surface area contributed by atoms with Gasteiger partial charge in [0.1, 0.15) is 17.7 Å². The van der Waals surface area contributed by atoms with E-state index in [9.17, 15) is 24.1 Å². The summed E-state index contributed by atoms with van der Waals surface area (Å²) in [5, 5.41) is 19.0. The zero-order chi connectivity index (χ0) is 32.2. The van der Waals surface area contributed by atoms with Gasteiger partial charge in [-0.3, -0.25) is 14.2 Å². The Morgan fingerprint density at radius 1 is 0.930 bits per heavy atom. The second kappa shape index (κ2) is 17.2. The molecule has 0 saturated heterocycles. The minimum absolute atomic E-state index is 0.0649. The molecular weight excluding hydrogens is 569 g/mol. The monoisotopic (exact) mass is 623 g/mol. The average Bonchev–Trinajstić information content (AvgIpc) is 2.92. The molecule has 1 aliphatic rings. The first-order chi connectivity index (χ1) is 20.1. The van der Waals surface area contributed by atoms with E-state index in [1.54, 1.807) is 48.5 Å². The van der Waals surface area contributed by atoms with Crippen molar-refractivity contribution in [2.75, 3.05) is 18.9 Å². The standard InChI is InChI=1S/C32H54N3O7P/c1-22(2)27(34-30(38)28(23(3)4)35-31(39)42-32(5,6)7)29(37)33-18-26(36)21-43(40,20-25-16-12-9-13-17-25)41-19-24-14-10-8-11-15-24/h8,10-11,14-15,22-23,25-28,36H,9,12-13,16-21H2,1-7H3,(H,33,37)(H,34,38)(H,35,39)/t26-,27+,28+,43?/m1/s1. The largest absolute Gasteiger partial charge is 0.444 e. The van der Waals surface area contributed by atoms with Crippen LogP contribution in [0.4, 0.5) is 4.79 Å². The summed E-state index contributed by atoms with van der Waals surface area (Å²) in [4.78, 5) is 38.6. The van der Waals surface area contributed by atoms with Crippen LogP contribution in [0.15, 0.2) is 30.3 Å². The van der Waals surface area contributed by atoms with Gasteiger partial charge in [0.05, 0.1) is 18.9 Å². The van der Waals surface area contributed by atoms with Gasteiger partial charge in [-0.25, -0.2) is 4.79 Å². The van der Waals surface area contributed by atoms with Gasteiger partial charge in [0.25, 0.3) is 0 Å². The maximum atomic E-state index is 14.0. The van der Waals surface area contributed by atoms with E-state index in [0.717, 1.165) is 31.2 Å². The van der Waals surface area contributed by atoms with Crippen LogP contribution in [-0.2, 0) is 30.0 Å². The zero-order valence-electron chi connectivity index (χ0n) is 27.1. The molecule has 244 valence electrons. The van der Waals surface area contributed by atoms with Crippen LogP contribution in [0.2, 0.25) is 0 Å². The lowest BCUT2D eigenvalue weighted by atomic mass is 9.91. The quantitative estimate of drug-likeness (QED) is 0.196. The number of nitrogens with one attached hydrogen (secondary N) is 3. The Hall–Kier alpha value is -2.42. The van der Waals surface area contributed by atoms with Crippen LogP contribution in [0.1, 0.15) is 86.1 Å². The van der Waals surface area contributed by atoms with Crippen LogP contribution < -0.4 is 16.0 Å². The van der Waals surface area contributed by atoms with E-state index in [1.807, 2.05) is 30.3 Å². The molecule has 4 N–H and O–H groups in total. The predicted molar refractivity (Wildman–Crippen MR) is 169 cm³/mol. The van der Waals surface area contributed by atoms with E-state index < -0.39 is 49.1 Å². The SMILES string of the molecule is CC(C)[C@H](NC(=O)OC(C)(C)C)C(=O)N[C@H](C(=O)NC[C@@H](O)CP(=O)(CC1CCCCC1)OCc1ccccc1)C(C)C. The van der Waals surface area contributed by atoms with Gasteiger partial charge < -0.3 is 30.3 Å². The minimum atomic E-state index is -3.21. The highest BCUT2D eigenvalue weighted by atomic mass is 31.2. The molecule has 43 heavy (non-hydrogen) atoms. The van der Waals surface area contributed by atoms with Crippen molar-refractivity contribution in [3.63, 3.8) is 0 Å². The summed E-state index contributed by atoms with van der Waals surface area (Å²) in [6.45, 7) is 12.4. The molecule has 1 aromatic rings. The fraction of sp³-hybridized carbons (Fsp3) is 0.719. The van der Waals surface area contributed by atoms with Crippen LogP contribution in [0.5, 0.6) is 0 Å². The fourth-order valence-electron chi connectivity index (χ4n) is 5.17. The molecule has 0 spiro atoms. The van der Waals surface area contributed by atoms with Crippen molar-refractivity contribution in [1.29, 1.82) is 0 Å². The molecule has 1 aliphatic carbocycles. The Morgan fingerprint density at radius 3 is 2.07 bits per heavy atom. The Labute approximate surface area is 257 Å². The lowest BCUT2D eigenvalue weighted by Crippen LogP contribution is -2.57. The van der Waals surface area contributed by atoms with Crippen molar-refractivity contribution in [3.8, 4) is 0 Å². The number of carbonyl (C=O) groups is 3. The van der Waals surface area contributed by atoms with Crippen LogP contribution >= 0.6 is 7.37 Å². The van der Waals surface area contributed by atoms with E-state index in [2.05, 4.69) is 16.0 Å². The summed E-state index contributed by atoms with van der Waals surface area (Å²) in [5.41, 5.74) is 0.182. The van der Waals surface area contributed by atoms with Crippen molar-refractivity contribution in [2.45, 2.75) is 111 Å². The van der Waals surface area contributed by atoms with Crippen LogP contribution in [0.3, 0.4) is 0 Å². The maximum absolute atomic E-state index is 14.0. The predicted octanol–water partition coefficient (Wildman–Crippen LogP) is 5.23. The van der Waals surface area contributed by atoms with Crippen molar-refractivity contribution in [1.82, 2.24) is 16.0 Å². The van der Waals surface area contributed by atoms with Gasteiger partial charge >= 0.3 is 6.09 Å². The molecule has 1 unspecified atom stereocenters. The normalized spacial score (nSPS) is 17.9. The Balaban J connectivity index is 2.01. The van der Waals surface area contributed by atoms with Gasteiger partial charge in [0, 0.05) is 12.7 Å². The second-order valence-corrected chi connectivity index (χ2v) is 16.1. The summed E-state index contributed by atoms with van der Waals surface area (Å²) in [5.74, 6) is -1.24. The molecule has 0 radical (unpaired) electrons. The number of amides is 3. The molecule has 0 aromatic heterocycles. The third-order valence-electron chi connectivity index (χ3n) is 7.44. The molecular formula is C32H54N3O7P. The molecule has 0 aliphatic heterocycles. The van der Waals surface area contributed by atoms with Crippen LogP contribution in [0.25, 0.3) is 0 Å². The Kier molecular flexibility index (Phi) is 14.7. The fourth-order valence-corrected chi connectivity index (χ4v) is 7.84. The molecule has 3 amide bonds. The van der Waals surface area contributed by atoms with Gasteiger partial charge in [-0.1, -0.05) is 77.3 Å². The summed E-state index contributed by atoms with van der Waals surface area (Å²) in [6.07, 6.45) is 3.94. The number of hydrogen-bond acceptors (Lipinski definition) is 7. The first-order valence-electron chi connectivity index (χ1n) is 15.6. The highest BCUT2D eigenvalue weighted by molar-refractivity contribution is 7.59. The number of aliphatic hydroxyl groups excluding tert-OH is 1. The van der Waals surface area contributed by atoms with Gasteiger partial charge in [0.15, 0.2) is 0 Å². The number of carbonyl (C=O) groups excluding carboxylic acids is 3. The van der Waals surface area contributed by atoms with E-state index in [-0.39, 0.29) is 31.1 Å². The molecule has 2 rings (SSSR count). The maximum Gasteiger partial charge on any atom is 0.408 e. The topological polar surface area (TPSA) is 143 Å². The lowest BCUT2D eigenvalue weighted by molar-refractivity contribution is -0.131. The van der Waals surface area contributed by atoms with Crippen molar-refractivity contribution < 1.29 is 33.3 Å². The minimum Gasteiger partial charge on any atom is -0.444 e. The number of rotatable bonds is 15. The van der Waals surface area contributed by atoms with Crippen LogP contribution in [0, 0.1) is 17.8 Å². The van der Waals surface area contributed by atoms with Crippen molar-refractivity contribution in [3.05, 3.63) is 35.9 Å². The Morgan fingerprint density at radius 2 is 1.51 bits per heavy atom. The summed E-state index contributed by atoms with van der Waals surface area (Å²) in [6, 6.07) is 7.70. The molecule has 1 aromatic carbocycles. The number of benzene rings is 1. The number of ether oxygens (including phenoxy) is 1. The number of hydrogen-bond donors (Lipinski definition) is 4. The summed E-state index contributed by atoms with van der Waals surface area (Å²) >= 11 is 0. The van der Waals surface area contributed by atoms with E-state index in [4.69, 9.17) is 9.26 Å². The third-order valence-corrected chi connectivity index (χ3v) is 10.1. The van der Waals surface area contributed by atoms with Gasteiger partial charge in [0.2, 0.25) is 19.2 Å². The molecule has 10 nitrogen and oxygen atoms in total. The van der Waals surface area contributed by atoms with E-state index in [0.29, 0.717) is 12.1 Å². The van der Waals surface area contributed by atoms with Gasteiger partial charge in [-0.05, 0) is 56.9 Å². The van der Waals surface area contributed by atoms with E-state index >= 15 is 0 Å². The average molecular weight is 624 g/mol. The smallest absolute Gasteiger partial charge is 0.408 e. The van der Waals surface area contributed by atoms with E-state index in [1.165, 1.54) is 6.42 Å². The van der Waals surface area contributed by atoms with Crippen molar-refractivity contribution in [2.24, 2.45) is 17.8 Å². The molecule has 4 atom stereocenters. The van der Waals surface area contributed by atoms with Crippen LogP contribution in [-0.4, -0.2) is 65.7 Å². The lowest BCUT2D eigenvalue weighted by Gasteiger charge is -2.29. The number of alkyl carbamates (subject to hydrolysis) is 1. The first kappa shape index (κ1) is 36.8. The molecule has 1 fully saturated rings. The molecule has 11 heteroatoms. The van der Waals surface area contributed by atoms with Crippen molar-refractivity contribution >= 4 is 25.3 Å². The highest BCUT2D eigenvalue weighted by Gasteiger charge is 2.34. The number of aliphatic hydroxyl groups is 1. The molecule has 1 saturated carbocycles. The second-order valence-electron chi connectivity index (χ2n) is 13.4. The zero-order valence-corrected chi connectivity index (χ0v) is 28.0. The summed E-state index contributed by atoms with van der Waals surface area (Å²) < 4.78 is 25.3. The molecule has 0 heterocycles. The molecule has 0 bridgehead atoms. The third kappa shape index (κ3) is 13.8. The highest BCUT2D eigenvalue weighted by Crippen LogP contribution is 2.51. The van der Waals surface area contributed by atoms with Gasteiger partial charge in [-0.15, -0.1) is 0 Å². The first-order valence-corrected chi connectivity index (χ1v) is 17.6. The van der Waals surface area contributed by atoms with Gasteiger partial charge in [-0.2, -0.15) is 0 Å². The summed E-state index contributed by atoms with van der Waals surface area (Å²) in [7, 11) is -3.21.